The summed E-state index contributed by atoms with van der Waals surface area (Å²) < 4.78 is 28.7. The van der Waals surface area contributed by atoms with Gasteiger partial charge in [-0.05, 0) is 18.2 Å². The van der Waals surface area contributed by atoms with Gasteiger partial charge in [-0.3, -0.25) is 4.79 Å². The molecule has 78 valence electrons. The van der Waals surface area contributed by atoms with Gasteiger partial charge in [0, 0.05) is 0 Å². The number of hydrogen-bond donors (Lipinski definition) is 0. The van der Waals surface area contributed by atoms with Crippen molar-refractivity contribution in [3.63, 3.8) is 0 Å². The summed E-state index contributed by atoms with van der Waals surface area (Å²) in [5.41, 5.74) is 0.601. The number of halogens is 2. The second-order valence-corrected chi connectivity index (χ2v) is 3.74. The first-order chi connectivity index (χ1) is 7.19. The largest absolute Gasteiger partial charge is 0.435 e. The maximum atomic E-state index is 11.9. The van der Waals surface area contributed by atoms with E-state index in [0.717, 1.165) is 11.3 Å². The molecule has 3 nitrogen and oxygen atoms in total. The first-order valence-electron chi connectivity index (χ1n) is 3.99. The first kappa shape index (κ1) is 9.97. The Morgan fingerprint density at radius 1 is 1.47 bits per heavy atom. The number of carbonyl (C=O) groups excluding carboxylic acids is 1. The molecule has 0 unspecified atom stereocenters. The molecule has 0 radical (unpaired) electrons. The average molecular weight is 229 g/mol. The highest BCUT2D eigenvalue weighted by molar-refractivity contribution is 7.20. The Balaban J connectivity index is 2.41. The monoisotopic (exact) mass is 229 g/mol. The summed E-state index contributed by atoms with van der Waals surface area (Å²) in [6, 6.07) is 4.37. The van der Waals surface area contributed by atoms with Gasteiger partial charge in [0.1, 0.15) is 5.75 Å². The molecule has 0 amide bonds. The van der Waals surface area contributed by atoms with E-state index in [1.807, 2.05) is 0 Å². The van der Waals surface area contributed by atoms with Gasteiger partial charge < -0.3 is 4.74 Å². The van der Waals surface area contributed by atoms with Crippen LogP contribution in [0.3, 0.4) is 0 Å². The van der Waals surface area contributed by atoms with Gasteiger partial charge in [0.2, 0.25) is 0 Å². The molecular weight excluding hydrogens is 224 g/mol. The highest BCUT2D eigenvalue weighted by atomic mass is 32.1. The Morgan fingerprint density at radius 3 is 2.93 bits per heavy atom. The average Bonchev–Trinajstić information content (AvgIpc) is 2.58. The molecule has 1 heterocycles. The fourth-order valence-corrected chi connectivity index (χ4v) is 1.96. The molecule has 0 bridgehead atoms. The quantitative estimate of drug-likeness (QED) is 0.759. The number of nitrogens with zero attached hydrogens (tertiary/aromatic N) is 1. The summed E-state index contributed by atoms with van der Waals surface area (Å²) >= 11 is 1.13. The van der Waals surface area contributed by atoms with Crippen LogP contribution in [0.4, 0.5) is 8.78 Å². The van der Waals surface area contributed by atoms with Crippen LogP contribution >= 0.6 is 11.3 Å². The van der Waals surface area contributed by atoms with E-state index in [1.165, 1.54) is 18.2 Å². The van der Waals surface area contributed by atoms with Gasteiger partial charge >= 0.3 is 6.61 Å². The molecule has 1 aromatic heterocycles. The maximum Gasteiger partial charge on any atom is 0.387 e. The van der Waals surface area contributed by atoms with Crippen molar-refractivity contribution in [2.45, 2.75) is 6.61 Å². The zero-order valence-corrected chi connectivity index (χ0v) is 8.13. The molecule has 2 aromatic rings. The molecule has 0 saturated heterocycles. The predicted molar refractivity (Wildman–Crippen MR) is 51.6 cm³/mol. The Hall–Kier alpha value is -1.56. The number of aldehydes is 1. The normalized spacial score (nSPS) is 10.9. The van der Waals surface area contributed by atoms with E-state index < -0.39 is 6.61 Å². The van der Waals surface area contributed by atoms with Crippen LogP contribution in [-0.2, 0) is 0 Å². The summed E-state index contributed by atoms with van der Waals surface area (Å²) in [7, 11) is 0. The molecule has 0 aliphatic rings. The van der Waals surface area contributed by atoms with E-state index in [9.17, 15) is 13.6 Å². The third-order valence-corrected chi connectivity index (χ3v) is 2.65. The molecule has 0 N–H and O–H groups in total. The molecule has 0 aliphatic carbocycles. The lowest BCUT2D eigenvalue weighted by Crippen LogP contribution is -2.01. The summed E-state index contributed by atoms with van der Waals surface area (Å²) in [5.74, 6) is 0.0681. The van der Waals surface area contributed by atoms with Crippen LogP contribution in [-0.4, -0.2) is 17.9 Å². The third kappa shape index (κ3) is 2.10. The van der Waals surface area contributed by atoms with Gasteiger partial charge in [-0.1, -0.05) is 0 Å². The number of benzene rings is 1. The highest BCUT2D eigenvalue weighted by Gasteiger charge is 2.07. The van der Waals surface area contributed by atoms with E-state index in [1.54, 1.807) is 0 Å². The zero-order chi connectivity index (χ0) is 10.8. The minimum Gasteiger partial charge on any atom is -0.435 e. The van der Waals surface area contributed by atoms with Crippen LogP contribution in [0.2, 0.25) is 0 Å². The topological polar surface area (TPSA) is 39.2 Å². The minimum atomic E-state index is -2.85. The molecule has 6 heteroatoms. The molecule has 15 heavy (non-hydrogen) atoms. The van der Waals surface area contributed by atoms with Crippen molar-refractivity contribution in [3.8, 4) is 5.75 Å². The van der Waals surface area contributed by atoms with E-state index >= 15 is 0 Å². The third-order valence-electron chi connectivity index (χ3n) is 1.70. The summed E-state index contributed by atoms with van der Waals surface area (Å²) in [6.07, 6.45) is 0.623. The number of thiazole rings is 1. The Bertz CT molecular complexity index is 498. The lowest BCUT2D eigenvalue weighted by Gasteiger charge is -2.02. The minimum absolute atomic E-state index is 0.0681. The fourth-order valence-electron chi connectivity index (χ4n) is 1.15. The summed E-state index contributed by atoms with van der Waals surface area (Å²) in [5, 5.41) is 0.319. The predicted octanol–water partition coefficient (Wildman–Crippen LogP) is 2.71. The van der Waals surface area contributed by atoms with Crippen molar-refractivity contribution < 1.29 is 18.3 Å². The number of alkyl halides is 2. The van der Waals surface area contributed by atoms with Crippen molar-refractivity contribution in [2.75, 3.05) is 0 Å². The van der Waals surface area contributed by atoms with Crippen LogP contribution in [0.25, 0.3) is 10.2 Å². The molecule has 0 spiro atoms. The van der Waals surface area contributed by atoms with Crippen LogP contribution < -0.4 is 4.74 Å². The molecular formula is C9H5F2NO2S. The van der Waals surface area contributed by atoms with Crippen molar-refractivity contribution in [2.24, 2.45) is 0 Å². The van der Waals surface area contributed by atoms with Gasteiger partial charge in [-0.15, -0.1) is 11.3 Å². The van der Waals surface area contributed by atoms with Crippen LogP contribution in [0, 0.1) is 0 Å². The molecule has 0 atom stereocenters. The van der Waals surface area contributed by atoms with Gasteiger partial charge in [0.15, 0.2) is 11.3 Å². The van der Waals surface area contributed by atoms with E-state index in [0.29, 0.717) is 21.5 Å². The number of hydrogen-bond acceptors (Lipinski definition) is 4. The number of ether oxygens (including phenoxy) is 1. The highest BCUT2D eigenvalue weighted by Crippen LogP contribution is 2.26. The molecule has 0 saturated carbocycles. The Kier molecular flexibility index (Phi) is 2.59. The van der Waals surface area contributed by atoms with E-state index in [-0.39, 0.29) is 5.75 Å². The van der Waals surface area contributed by atoms with Crippen molar-refractivity contribution >= 4 is 27.8 Å². The van der Waals surface area contributed by atoms with Gasteiger partial charge in [-0.2, -0.15) is 8.78 Å². The number of carbonyl (C=O) groups is 1. The standard InChI is InChI=1S/C9H5F2NO2S/c10-9(11)14-5-1-2-6-7(3-5)15-8(4-13)12-6/h1-4,9H. The zero-order valence-electron chi connectivity index (χ0n) is 7.31. The number of rotatable bonds is 3. The van der Waals surface area contributed by atoms with Crippen LogP contribution in [0.1, 0.15) is 9.80 Å². The fraction of sp³-hybridized carbons (Fsp3) is 0.111. The van der Waals surface area contributed by atoms with Crippen molar-refractivity contribution in [3.05, 3.63) is 23.2 Å². The van der Waals surface area contributed by atoms with Crippen LogP contribution in [0.5, 0.6) is 5.75 Å². The molecule has 2 rings (SSSR count). The van der Waals surface area contributed by atoms with Gasteiger partial charge in [0.05, 0.1) is 10.2 Å². The Morgan fingerprint density at radius 2 is 2.27 bits per heavy atom. The van der Waals surface area contributed by atoms with Gasteiger partial charge in [0.25, 0.3) is 0 Å². The second-order valence-electron chi connectivity index (χ2n) is 2.68. The summed E-state index contributed by atoms with van der Waals surface area (Å²) in [6.45, 7) is -2.85. The molecule has 0 fully saturated rings. The number of aromatic nitrogens is 1. The van der Waals surface area contributed by atoms with Gasteiger partial charge in [-0.25, -0.2) is 4.98 Å². The first-order valence-corrected chi connectivity index (χ1v) is 4.81. The smallest absolute Gasteiger partial charge is 0.387 e. The Labute approximate surface area is 87.3 Å². The number of fused-ring (bicyclic) bond motifs is 1. The van der Waals surface area contributed by atoms with Crippen molar-refractivity contribution in [1.82, 2.24) is 4.98 Å². The second kappa shape index (κ2) is 3.90. The molecule has 0 aliphatic heterocycles. The van der Waals surface area contributed by atoms with E-state index in [4.69, 9.17) is 0 Å². The maximum absolute atomic E-state index is 11.9. The molecule has 1 aromatic carbocycles. The van der Waals surface area contributed by atoms with Crippen LogP contribution in [0.15, 0.2) is 18.2 Å². The van der Waals surface area contributed by atoms with E-state index in [2.05, 4.69) is 9.72 Å². The lowest BCUT2D eigenvalue weighted by molar-refractivity contribution is -0.0497. The summed E-state index contributed by atoms with van der Waals surface area (Å²) in [4.78, 5) is 14.4. The van der Waals surface area contributed by atoms with Crippen molar-refractivity contribution in [1.29, 1.82) is 0 Å². The SMILES string of the molecule is O=Cc1nc2ccc(OC(F)F)cc2s1. The lowest BCUT2D eigenvalue weighted by atomic mass is 10.3.